The van der Waals surface area contributed by atoms with E-state index in [1.807, 2.05) is 44.2 Å². The fraction of sp³-hybridized carbons (Fsp3) is 0.807. The highest BCUT2D eigenvalue weighted by Crippen LogP contribution is 2.38. The average Bonchev–Trinajstić information content (AvgIpc) is 3.78. The molecule has 24 nitrogen and oxygen atoms in total. The number of aliphatic imine (C=N–C) groups is 1. The Labute approximate surface area is 520 Å². The van der Waals surface area contributed by atoms with Gasteiger partial charge in [-0.3, -0.25) is 24.4 Å². The summed E-state index contributed by atoms with van der Waals surface area (Å²) in [6, 6.07) is 7.82. The molecule has 504 valence electrons. The van der Waals surface area contributed by atoms with Gasteiger partial charge in [0.25, 0.3) is 0 Å². The Bertz CT molecular complexity index is 2390. The maximum atomic E-state index is 12.0. The first kappa shape index (κ1) is 77.8. The molecule has 87 heavy (non-hydrogen) atoms. The highest BCUT2D eigenvalue weighted by atomic mass is 32.2. The second kappa shape index (κ2) is 36.6. The quantitative estimate of drug-likeness (QED) is 0.0379. The highest BCUT2D eigenvalue weighted by Gasteiger charge is 2.50. The SMILES string of the molecule is CC(=O)NC1C(O)OC(CO)C(O)C1O.CCC1OC(C)C(NC(C)=O)C(C)C1C.CCC1OC2OC(C)=NC2C(C)C1C.C[Si](C)(C)OS(=O)(=O)C(F)(F)F.[3H]ON(CCOC1OC(CC)C(C)C(C)C1NC(C)=O)NC(Cc1ccccc1)C(=O)S. The van der Waals surface area contributed by atoms with Crippen molar-refractivity contribution in [3.8, 4) is 0 Å². The lowest BCUT2D eigenvalue weighted by Gasteiger charge is -2.44. The molecule has 3 amide bonds. The minimum atomic E-state index is -5.39. The van der Waals surface area contributed by atoms with Gasteiger partial charge in [0.05, 0.1) is 62.3 Å². The van der Waals surface area contributed by atoms with Crippen molar-refractivity contribution in [2.75, 3.05) is 19.8 Å². The van der Waals surface area contributed by atoms with E-state index in [4.69, 9.17) is 35.0 Å². The molecule has 9 N–H and O–H groups in total. The second-order valence-electron chi connectivity index (χ2n) is 23.8. The van der Waals surface area contributed by atoms with Crippen LogP contribution in [0.3, 0.4) is 0 Å². The molecule has 0 aliphatic carbocycles. The number of aliphatic hydroxyl groups is 4. The lowest BCUT2D eigenvalue weighted by Crippen LogP contribution is -2.63. The number of aliphatic hydroxyl groups excluding tert-OH is 4. The fourth-order valence-corrected chi connectivity index (χ4v) is 13.8. The summed E-state index contributed by atoms with van der Waals surface area (Å²) >= 11 is 3.96. The number of ether oxygens (including phenoxy) is 6. The Hall–Kier alpha value is -3.44. The van der Waals surface area contributed by atoms with Crippen molar-refractivity contribution in [2.24, 2.45) is 40.5 Å². The first-order valence-electron chi connectivity index (χ1n) is 30.1. The van der Waals surface area contributed by atoms with Crippen LogP contribution in [0.5, 0.6) is 0 Å². The van der Waals surface area contributed by atoms with E-state index in [0.29, 0.717) is 42.3 Å². The van der Waals surface area contributed by atoms with E-state index in [1.54, 1.807) is 6.92 Å². The van der Waals surface area contributed by atoms with E-state index in [2.05, 4.69) is 110 Å². The number of benzene rings is 1. The summed E-state index contributed by atoms with van der Waals surface area (Å²) in [5, 5.41) is 50.7. The van der Waals surface area contributed by atoms with Crippen molar-refractivity contribution in [2.45, 2.75) is 240 Å². The van der Waals surface area contributed by atoms with Crippen LogP contribution in [0.2, 0.25) is 21.1 Å². The maximum Gasteiger partial charge on any atom is 0.522 e. The molecule has 5 heterocycles. The number of alkyl halides is 3. The second-order valence-corrected chi connectivity index (χ2v) is 30.5. The third kappa shape index (κ3) is 25.3. The maximum absolute atomic E-state index is 12.0. The Kier molecular flexibility index (Phi) is 32.7. The summed E-state index contributed by atoms with van der Waals surface area (Å²) in [7, 11) is -8.10. The normalized spacial score (nSPS) is 33.6. The van der Waals surface area contributed by atoms with Gasteiger partial charge >= 0.3 is 15.6 Å². The summed E-state index contributed by atoms with van der Waals surface area (Å²) in [4.78, 5) is 50.0. The number of hydrazine groups is 1. The molecule has 0 bridgehead atoms. The standard InChI is InChI=1S/C22H35N3O5S.C12H23NO2.C11H19NO2.C8H15NO6.C4H9F3O3SSi/c1-5-19-14(2)15(3)20(23-16(4)26)22(30-19)29-12-11-25(28)24-18(21(27)31)13-17-9-7-6-8-10-17;1-6-11-7(2)8(3)12(9(4)15-11)13-10(5)14;1-5-9-6(2)7(3)10-11(14-9)13-8(4)12-10;1-3(11)9-5-7(13)6(12)4(2-10)15-8(5)14;1-12(2,3)10-11(8,9)4(5,6)7/h6-10,14-15,18-20,22,24,28H,5,11-13H2,1-4H3,(H,23,26)(H,27,31);7-9,11-12H,6H2,1-5H3,(H,13,14);6-7,9-11H,5H2,1-4H3;4-8,10,12-14H,2H2,1H3,(H,9,11);1-3H3/i28T;;;;. The van der Waals surface area contributed by atoms with Crippen LogP contribution < -0.4 is 21.4 Å². The lowest BCUT2D eigenvalue weighted by molar-refractivity contribution is -0.253. The van der Waals surface area contributed by atoms with Crippen LogP contribution >= 0.6 is 12.6 Å². The van der Waals surface area contributed by atoms with Crippen molar-refractivity contribution >= 4 is 59.8 Å². The van der Waals surface area contributed by atoms with E-state index in [0.717, 1.165) is 35.9 Å². The predicted molar refractivity (Wildman–Crippen MR) is 323 cm³/mol. The molecule has 6 rings (SSSR count). The number of nitrogens with one attached hydrogen (secondary N) is 4. The number of nitrogens with zero attached hydrogens (tertiary/aromatic N) is 2. The number of carbonyl (C=O) groups excluding carboxylic acids is 4. The molecule has 4 fully saturated rings. The lowest BCUT2D eigenvalue weighted by atomic mass is 9.79. The summed E-state index contributed by atoms with van der Waals surface area (Å²) in [5.41, 5.74) is -1.48. The van der Waals surface area contributed by atoms with Gasteiger partial charge in [0.1, 0.15) is 30.4 Å². The van der Waals surface area contributed by atoms with Gasteiger partial charge in [-0.15, -0.1) is 17.8 Å². The van der Waals surface area contributed by atoms with Crippen molar-refractivity contribution < 1.29 is 100 Å². The van der Waals surface area contributed by atoms with Gasteiger partial charge in [0.15, 0.2) is 18.5 Å². The smallest absolute Gasteiger partial charge is 0.450 e. The molecule has 5 aliphatic heterocycles. The number of carbonyl (C=O) groups is 4. The van der Waals surface area contributed by atoms with Crippen LogP contribution in [-0.4, -0.2) is 193 Å². The molecule has 1 aromatic carbocycles. The topological polar surface area (TPSA) is 332 Å². The largest absolute Gasteiger partial charge is 0.522 e. The third-order valence-corrected chi connectivity index (χ3v) is 19.7. The number of hydrogen-bond acceptors (Lipinski definition) is 21. The molecular formula is C57H101F3N6O18S2Si. The minimum Gasteiger partial charge on any atom is -0.450 e. The van der Waals surface area contributed by atoms with E-state index < -0.39 is 79.4 Å². The van der Waals surface area contributed by atoms with Crippen LogP contribution in [0.25, 0.3) is 0 Å². The summed E-state index contributed by atoms with van der Waals surface area (Å²) < 4.78 is 101. The number of amides is 3. The van der Waals surface area contributed by atoms with E-state index in [1.165, 1.54) is 33.5 Å². The van der Waals surface area contributed by atoms with Crippen LogP contribution in [0.1, 0.15) is 122 Å². The van der Waals surface area contributed by atoms with Gasteiger partial charge in [-0.25, -0.2) is 10.4 Å². The minimum absolute atomic E-state index is 0.0266. The number of thiol groups is 1. The molecule has 0 spiro atoms. The van der Waals surface area contributed by atoms with Gasteiger partial charge in [0.2, 0.25) is 38.9 Å². The number of hydroxylamine groups is 1. The van der Waals surface area contributed by atoms with Gasteiger partial charge in [0, 0.05) is 27.7 Å². The number of hydrogen-bond donors (Lipinski definition) is 10. The van der Waals surface area contributed by atoms with Crippen molar-refractivity contribution in [1.29, 1.82) is 0 Å². The third-order valence-electron chi connectivity index (χ3n) is 15.9. The predicted octanol–water partition coefficient (Wildman–Crippen LogP) is 4.96. The molecule has 4 saturated heterocycles. The van der Waals surface area contributed by atoms with Gasteiger partial charge in [-0.2, -0.15) is 21.6 Å². The molecule has 5 aliphatic rings. The van der Waals surface area contributed by atoms with Crippen molar-refractivity contribution in [3.63, 3.8) is 0 Å². The summed E-state index contributed by atoms with van der Waals surface area (Å²) in [5.74, 6) is 2.74. The zero-order valence-corrected chi connectivity index (χ0v) is 56.1. The fourth-order valence-electron chi connectivity index (χ4n) is 10.7. The van der Waals surface area contributed by atoms with Crippen LogP contribution in [0.15, 0.2) is 35.3 Å². The molecule has 0 saturated carbocycles. The van der Waals surface area contributed by atoms with E-state index in [9.17, 15) is 56.1 Å². The Balaban J connectivity index is 0.000000400. The average molecular weight is 1310 g/mol. The molecular weight excluding hydrogens is 1210 g/mol. The van der Waals surface area contributed by atoms with Gasteiger partial charge < -0.3 is 68.7 Å². The molecule has 30 heteroatoms. The molecule has 0 aromatic heterocycles. The zero-order valence-electron chi connectivity index (χ0n) is 54.3. The van der Waals surface area contributed by atoms with E-state index >= 15 is 0 Å². The van der Waals surface area contributed by atoms with Crippen LogP contribution in [0, 0.1) is 35.5 Å². The Morgan fingerprint density at radius 1 is 0.747 bits per heavy atom. The highest BCUT2D eigenvalue weighted by molar-refractivity contribution is 7.96. The molecule has 21 unspecified atom stereocenters. The van der Waals surface area contributed by atoms with Crippen molar-refractivity contribution in [3.05, 3.63) is 35.9 Å². The summed E-state index contributed by atoms with van der Waals surface area (Å²) in [6.07, 6.45) is -1.84. The Morgan fingerprint density at radius 3 is 1.71 bits per heavy atom. The summed E-state index contributed by atoms with van der Waals surface area (Å²) in [6.45, 7) is 31.5. The van der Waals surface area contributed by atoms with E-state index in [-0.39, 0.29) is 78.5 Å². The van der Waals surface area contributed by atoms with Gasteiger partial charge in [-0.05, 0) is 93.3 Å². The number of fused-ring (bicyclic) bond motifs is 1. The van der Waals surface area contributed by atoms with Gasteiger partial charge in [-0.1, -0.05) is 92.6 Å². The molecule has 21 atom stereocenters. The number of halogens is 3. The van der Waals surface area contributed by atoms with Crippen LogP contribution in [-0.2, 0) is 68.0 Å². The molecule has 0 radical (unpaired) electrons. The number of rotatable bonds is 19. The first-order valence-corrected chi connectivity index (χ1v) is 34.9. The first-order chi connectivity index (χ1) is 40.8. The molecule has 1 aromatic rings. The van der Waals surface area contributed by atoms with Crippen molar-refractivity contribution in [1.82, 2.24) is 26.5 Å². The zero-order chi connectivity index (χ0) is 67.3. The van der Waals surface area contributed by atoms with Crippen LogP contribution in [0.4, 0.5) is 13.2 Å². The monoisotopic (exact) mass is 1310 g/mol. The Morgan fingerprint density at radius 2 is 1.24 bits per heavy atom.